The molecule has 1 atom stereocenters. The summed E-state index contributed by atoms with van der Waals surface area (Å²) in [6.07, 6.45) is 3.31. The number of hydrogen-bond donors (Lipinski definition) is 1. The monoisotopic (exact) mass is 310 g/mol. The summed E-state index contributed by atoms with van der Waals surface area (Å²) in [5.41, 5.74) is 7.97. The van der Waals surface area contributed by atoms with E-state index in [2.05, 4.69) is 0 Å². The quantitative estimate of drug-likeness (QED) is 0.679. The van der Waals surface area contributed by atoms with Crippen molar-refractivity contribution >= 4 is 21.5 Å². The van der Waals surface area contributed by atoms with Gasteiger partial charge in [0.05, 0.1) is 6.26 Å². The number of carbonyl (C=O) groups excluding carboxylic acids is 1. The Kier molecular flexibility index (Phi) is 4.68. The van der Waals surface area contributed by atoms with Crippen LogP contribution in [0.4, 0.5) is 5.69 Å². The molecule has 1 saturated heterocycles. The first kappa shape index (κ1) is 16.0. The van der Waals surface area contributed by atoms with Crippen LogP contribution in [0.15, 0.2) is 18.2 Å². The molecule has 116 valence electrons. The van der Waals surface area contributed by atoms with E-state index in [1.54, 1.807) is 18.2 Å². The van der Waals surface area contributed by atoms with Crippen molar-refractivity contribution in [2.45, 2.75) is 26.2 Å². The van der Waals surface area contributed by atoms with Crippen molar-refractivity contribution in [1.29, 1.82) is 0 Å². The molecule has 1 heterocycles. The van der Waals surface area contributed by atoms with Crippen LogP contribution in [0.1, 0.15) is 35.2 Å². The van der Waals surface area contributed by atoms with Crippen LogP contribution in [0.25, 0.3) is 0 Å². The van der Waals surface area contributed by atoms with E-state index >= 15 is 0 Å². The Hall–Kier alpha value is -1.40. The van der Waals surface area contributed by atoms with Crippen LogP contribution in [-0.4, -0.2) is 37.9 Å². The van der Waals surface area contributed by atoms with Gasteiger partial charge in [-0.25, -0.2) is 12.7 Å². The van der Waals surface area contributed by atoms with Crippen molar-refractivity contribution in [2.75, 3.05) is 25.1 Å². The van der Waals surface area contributed by atoms with Crippen molar-refractivity contribution in [1.82, 2.24) is 4.31 Å². The highest BCUT2D eigenvalue weighted by Gasteiger charge is 2.27. The smallest absolute Gasteiger partial charge is 0.211 e. The van der Waals surface area contributed by atoms with Crippen LogP contribution in [0, 0.1) is 12.8 Å². The minimum Gasteiger partial charge on any atom is -0.399 e. The molecule has 2 N–H and O–H groups in total. The summed E-state index contributed by atoms with van der Waals surface area (Å²) in [7, 11) is -3.17. The normalized spacial score (nSPS) is 20.4. The van der Waals surface area contributed by atoms with E-state index in [1.165, 1.54) is 10.6 Å². The molecular weight excluding hydrogens is 288 g/mol. The highest BCUT2D eigenvalue weighted by molar-refractivity contribution is 7.88. The van der Waals surface area contributed by atoms with E-state index in [0.29, 0.717) is 30.8 Å². The maximum absolute atomic E-state index is 12.3. The Morgan fingerprint density at radius 3 is 2.76 bits per heavy atom. The molecule has 0 saturated carbocycles. The number of benzene rings is 1. The van der Waals surface area contributed by atoms with Crippen molar-refractivity contribution in [3.63, 3.8) is 0 Å². The lowest BCUT2D eigenvalue weighted by molar-refractivity contribution is 0.0942. The third-order valence-electron chi connectivity index (χ3n) is 4.02. The van der Waals surface area contributed by atoms with Crippen molar-refractivity contribution in [2.24, 2.45) is 5.92 Å². The summed E-state index contributed by atoms with van der Waals surface area (Å²) in [4.78, 5) is 12.3. The van der Waals surface area contributed by atoms with E-state index in [0.717, 1.165) is 18.4 Å². The molecule has 0 spiro atoms. The molecular formula is C15H22N2O3S. The number of anilines is 1. The SMILES string of the molecule is Cc1cc(C(=O)CC2CCCN(S(C)(=O)=O)C2)ccc1N. The van der Waals surface area contributed by atoms with Crippen LogP contribution in [0.5, 0.6) is 0 Å². The largest absolute Gasteiger partial charge is 0.399 e. The zero-order valence-corrected chi connectivity index (χ0v) is 13.3. The van der Waals surface area contributed by atoms with Gasteiger partial charge in [-0.05, 0) is 49.4 Å². The van der Waals surface area contributed by atoms with Crippen LogP contribution < -0.4 is 5.73 Å². The first-order valence-electron chi connectivity index (χ1n) is 7.12. The number of carbonyl (C=O) groups is 1. The molecule has 2 rings (SSSR count). The number of nitrogens with zero attached hydrogens (tertiary/aromatic N) is 1. The predicted molar refractivity (Wildman–Crippen MR) is 83.7 cm³/mol. The second-order valence-electron chi connectivity index (χ2n) is 5.83. The topological polar surface area (TPSA) is 80.5 Å². The van der Waals surface area contributed by atoms with Crippen molar-refractivity contribution in [3.8, 4) is 0 Å². The first-order chi connectivity index (χ1) is 9.77. The van der Waals surface area contributed by atoms with E-state index in [4.69, 9.17) is 5.73 Å². The fourth-order valence-corrected chi connectivity index (χ4v) is 3.67. The Bertz CT molecular complexity index is 640. The van der Waals surface area contributed by atoms with Gasteiger partial charge in [0.2, 0.25) is 10.0 Å². The molecule has 21 heavy (non-hydrogen) atoms. The Balaban J connectivity index is 2.03. The Morgan fingerprint density at radius 1 is 1.43 bits per heavy atom. The molecule has 1 fully saturated rings. The van der Waals surface area contributed by atoms with Gasteiger partial charge >= 0.3 is 0 Å². The van der Waals surface area contributed by atoms with Crippen LogP contribution in [0.3, 0.4) is 0 Å². The Morgan fingerprint density at radius 2 is 2.14 bits per heavy atom. The average Bonchev–Trinajstić information content (AvgIpc) is 2.41. The number of piperidine rings is 1. The van der Waals surface area contributed by atoms with E-state index < -0.39 is 10.0 Å². The van der Waals surface area contributed by atoms with Gasteiger partial charge < -0.3 is 5.73 Å². The van der Waals surface area contributed by atoms with Gasteiger partial charge in [-0.3, -0.25) is 4.79 Å². The fourth-order valence-electron chi connectivity index (χ4n) is 2.72. The average molecular weight is 310 g/mol. The zero-order chi connectivity index (χ0) is 15.6. The molecule has 6 heteroatoms. The van der Waals surface area contributed by atoms with E-state index in [1.807, 2.05) is 6.92 Å². The van der Waals surface area contributed by atoms with Crippen LogP contribution >= 0.6 is 0 Å². The standard InChI is InChI=1S/C15H22N2O3S/c1-11-8-13(5-6-14(11)16)15(18)9-12-4-3-7-17(10-12)21(2,19)20/h5-6,8,12H,3-4,7,9-10,16H2,1-2H3. The number of hydrogen-bond acceptors (Lipinski definition) is 4. The highest BCUT2D eigenvalue weighted by Crippen LogP contribution is 2.24. The van der Waals surface area contributed by atoms with Gasteiger partial charge in [-0.2, -0.15) is 0 Å². The predicted octanol–water partition coefficient (Wildman–Crippen LogP) is 1.82. The highest BCUT2D eigenvalue weighted by atomic mass is 32.2. The minimum absolute atomic E-state index is 0.0541. The number of nitrogens with two attached hydrogens (primary N) is 1. The number of Topliss-reactive ketones (excluding diaryl/α,β-unsaturated/α-hetero) is 1. The van der Waals surface area contributed by atoms with Gasteiger partial charge in [-0.15, -0.1) is 0 Å². The van der Waals surface area contributed by atoms with Gasteiger partial charge in [0, 0.05) is 30.8 Å². The first-order valence-corrected chi connectivity index (χ1v) is 8.96. The van der Waals surface area contributed by atoms with Gasteiger partial charge in [0.25, 0.3) is 0 Å². The van der Waals surface area contributed by atoms with E-state index in [-0.39, 0.29) is 11.7 Å². The Labute approximate surface area is 126 Å². The van der Waals surface area contributed by atoms with Crippen LogP contribution in [0.2, 0.25) is 0 Å². The summed E-state index contributed by atoms with van der Waals surface area (Å²) in [6, 6.07) is 5.28. The van der Waals surface area contributed by atoms with Crippen LogP contribution in [-0.2, 0) is 10.0 Å². The molecule has 0 amide bonds. The van der Waals surface area contributed by atoms with E-state index in [9.17, 15) is 13.2 Å². The molecule has 0 aromatic heterocycles. The molecule has 5 nitrogen and oxygen atoms in total. The maximum atomic E-state index is 12.3. The number of ketones is 1. The third-order valence-corrected chi connectivity index (χ3v) is 5.29. The zero-order valence-electron chi connectivity index (χ0n) is 12.5. The van der Waals surface area contributed by atoms with Crippen molar-refractivity contribution in [3.05, 3.63) is 29.3 Å². The second-order valence-corrected chi connectivity index (χ2v) is 7.81. The molecule has 1 unspecified atom stereocenters. The molecule has 1 aliphatic rings. The lowest BCUT2D eigenvalue weighted by Gasteiger charge is -2.30. The number of sulfonamides is 1. The maximum Gasteiger partial charge on any atom is 0.211 e. The summed E-state index contributed by atoms with van der Waals surface area (Å²) >= 11 is 0. The molecule has 0 radical (unpaired) electrons. The van der Waals surface area contributed by atoms with Gasteiger partial charge in [0.15, 0.2) is 5.78 Å². The van der Waals surface area contributed by atoms with Gasteiger partial charge in [0.1, 0.15) is 0 Å². The van der Waals surface area contributed by atoms with Crippen molar-refractivity contribution < 1.29 is 13.2 Å². The molecule has 1 aromatic rings. The lowest BCUT2D eigenvalue weighted by atomic mass is 9.91. The fraction of sp³-hybridized carbons (Fsp3) is 0.533. The summed E-state index contributed by atoms with van der Waals surface area (Å²) in [6.45, 7) is 2.88. The summed E-state index contributed by atoms with van der Waals surface area (Å²) < 4.78 is 24.7. The number of nitrogen functional groups attached to an aromatic ring is 1. The molecule has 1 aliphatic heterocycles. The minimum atomic E-state index is -3.17. The summed E-state index contributed by atoms with van der Waals surface area (Å²) in [5.74, 6) is 0.150. The second kappa shape index (κ2) is 6.15. The third kappa shape index (κ3) is 4.04. The molecule has 0 aliphatic carbocycles. The number of rotatable bonds is 4. The van der Waals surface area contributed by atoms with Gasteiger partial charge in [-0.1, -0.05) is 0 Å². The molecule has 1 aromatic carbocycles. The molecule has 0 bridgehead atoms. The lowest BCUT2D eigenvalue weighted by Crippen LogP contribution is -2.39. The number of aryl methyl sites for hydroxylation is 1. The summed E-state index contributed by atoms with van der Waals surface area (Å²) in [5, 5.41) is 0.